The van der Waals surface area contributed by atoms with Gasteiger partial charge < -0.3 is 0 Å². The summed E-state index contributed by atoms with van der Waals surface area (Å²) in [5, 5.41) is 4.06. The molecule has 0 bridgehead atoms. The third-order valence-electron chi connectivity index (χ3n) is 2.92. The molecule has 0 unspecified atom stereocenters. The number of sulfonamides is 1. The Morgan fingerprint density at radius 3 is 2.45 bits per heavy atom. The summed E-state index contributed by atoms with van der Waals surface area (Å²) < 4.78 is 29.1. The van der Waals surface area contributed by atoms with Crippen molar-refractivity contribution in [3.8, 4) is 0 Å². The fourth-order valence-electron chi connectivity index (χ4n) is 1.88. The molecule has 0 radical (unpaired) electrons. The highest BCUT2D eigenvalue weighted by atomic mass is 79.9. The van der Waals surface area contributed by atoms with Gasteiger partial charge in [-0.15, -0.1) is 0 Å². The Morgan fingerprint density at radius 2 is 1.95 bits per heavy atom. The van der Waals surface area contributed by atoms with Gasteiger partial charge in [0.15, 0.2) is 0 Å². The first-order valence-corrected chi connectivity index (χ1v) is 8.40. The Morgan fingerprint density at radius 1 is 1.30 bits per heavy atom. The van der Waals surface area contributed by atoms with Crippen molar-refractivity contribution in [3.63, 3.8) is 0 Å². The standard InChI is InChI=1S/C13H16BrN3O2S/c1-3-17(10-11-8-15-16(2)9-11)20(18,19)13-6-4-12(14)5-7-13/h4-9H,3,10H2,1-2H3. The smallest absolute Gasteiger partial charge is 0.243 e. The van der Waals surface area contributed by atoms with Crippen LogP contribution in [0.5, 0.6) is 0 Å². The second kappa shape index (κ2) is 6.07. The molecule has 1 aromatic carbocycles. The lowest BCUT2D eigenvalue weighted by Gasteiger charge is -2.19. The van der Waals surface area contributed by atoms with Crippen LogP contribution in [0.25, 0.3) is 0 Å². The lowest BCUT2D eigenvalue weighted by Crippen LogP contribution is -2.30. The first kappa shape index (κ1) is 15.2. The number of rotatable bonds is 5. The minimum Gasteiger partial charge on any atom is -0.275 e. The van der Waals surface area contributed by atoms with E-state index in [0.717, 1.165) is 10.0 Å². The van der Waals surface area contributed by atoms with Crippen LogP contribution in [0.3, 0.4) is 0 Å². The van der Waals surface area contributed by atoms with E-state index >= 15 is 0 Å². The van der Waals surface area contributed by atoms with Crippen LogP contribution in [0, 0.1) is 0 Å². The summed E-state index contributed by atoms with van der Waals surface area (Å²) in [7, 11) is -1.67. The Labute approximate surface area is 127 Å². The highest BCUT2D eigenvalue weighted by Gasteiger charge is 2.23. The molecule has 2 rings (SSSR count). The molecule has 0 aliphatic carbocycles. The number of halogens is 1. The predicted molar refractivity (Wildman–Crippen MR) is 80.6 cm³/mol. The van der Waals surface area contributed by atoms with Crippen LogP contribution in [0.1, 0.15) is 12.5 Å². The quantitative estimate of drug-likeness (QED) is 0.825. The molecule has 0 atom stereocenters. The molecule has 5 nitrogen and oxygen atoms in total. The van der Waals surface area contributed by atoms with E-state index in [0.29, 0.717) is 18.0 Å². The number of hydrogen-bond donors (Lipinski definition) is 0. The van der Waals surface area contributed by atoms with Crippen LogP contribution in [-0.2, 0) is 23.6 Å². The molecule has 20 heavy (non-hydrogen) atoms. The van der Waals surface area contributed by atoms with E-state index < -0.39 is 10.0 Å². The molecule has 0 spiro atoms. The minimum absolute atomic E-state index is 0.298. The molecular weight excluding hydrogens is 342 g/mol. The predicted octanol–water partition coefficient (Wildman–Crippen LogP) is 2.39. The number of aromatic nitrogens is 2. The third kappa shape index (κ3) is 3.28. The van der Waals surface area contributed by atoms with E-state index in [4.69, 9.17) is 0 Å². The van der Waals surface area contributed by atoms with Gasteiger partial charge in [0, 0.05) is 36.4 Å². The summed E-state index contributed by atoms with van der Waals surface area (Å²) in [4.78, 5) is 0.298. The molecule has 2 aromatic rings. The van der Waals surface area contributed by atoms with Gasteiger partial charge in [-0.3, -0.25) is 4.68 Å². The second-order valence-corrected chi connectivity index (χ2v) is 7.26. The summed E-state index contributed by atoms with van der Waals surface area (Å²) in [6, 6.07) is 6.66. The van der Waals surface area contributed by atoms with Gasteiger partial charge in [-0.1, -0.05) is 22.9 Å². The van der Waals surface area contributed by atoms with Crippen molar-refractivity contribution < 1.29 is 8.42 Å². The Hall–Kier alpha value is -1.18. The largest absolute Gasteiger partial charge is 0.275 e. The van der Waals surface area contributed by atoms with Crippen molar-refractivity contribution >= 4 is 26.0 Å². The molecule has 0 saturated carbocycles. The van der Waals surface area contributed by atoms with E-state index in [1.165, 1.54) is 4.31 Å². The lowest BCUT2D eigenvalue weighted by molar-refractivity contribution is 0.423. The fourth-order valence-corrected chi connectivity index (χ4v) is 3.58. The van der Waals surface area contributed by atoms with Gasteiger partial charge in [0.2, 0.25) is 10.0 Å². The highest BCUT2D eigenvalue weighted by Crippen LogP contribution is 2.20. The van der Waals surface area contributed by atoms with E-state index in [2.05, 4.69) is 21.0 Å². The molecule has 0 amide bonds. The molecule has 1 heterocycles. The minimum atomic E-state index is -3.48. The van der Waals surface area contributed by atoms with E-state index in [1.807, 2.05) is 20.2 Å². The summed E-state index contributed by atoms with van der Waals surface area (Å²) in [5.74, 6) is 0. The van der Waals surface area contributed by atoms with Gasteiger partial charge in [-0.2, -0.15) is 9.40 Å². The van der Waals surface area contributed by atoms with Gasteiger partial charge in [0.05, 0.1) is 11.1 Å². The van der Waals surface area contributed by atoms with E-state index in [9.17, 15) is 8.42 Å². The summed E-state index contributed by atoms with van der Waals surface area (Å²) in [6.45, 7) is 2.56. The summed E-state index contributed by atoms with van der Waals surface area (Å²) in [5.41, 5.74) is 0.870. The third-order valence-corrected chi connectivity index (χ3v) is 5.39. The van der Waals surface area contributed by atoms with Crippen molar-refractivity contribution in [3.05, 3.63) is 46.7 Å². The molecule has 0 N–H and O–H groups in total. The number of benzene rings is 1. The highest BCUT2D eigenvalue weighted by molar-refractivity contribution is 9.10. The van der Waals surface area contributed by atoms with Crippen LogP contribution < -0.4 is 0 Å². The van der Waals surface area contributed by atoms with Gasteiger partial charge >= 0.3 is 0 Å². The van der Waals surface area contributed by atoms with Crippen molar-refractivity contribution in [1.82, 2.24) is 14.1 Å². The summed E-state index contributed by atoms with van der Waals surface area (Å²) in [6.07, 6.45) is 3.50. The molecule has 0 aliphatic heterocycles. The lowest BCUT2D eigenvalue weighted by atomic mass is 10.3. The van der Waals surface area contributed by atoms with Crippen molar-refractivity contribution in [2.75, 3.05) is 6.54 Å². The average molecular weight is 358 g/mol. The molecule has 1 aromatic heterocycles. The van der Waals surface area contributed by atoms with Crippen molar-refractivity contribution in [1.29, 1.82) is 0 Å². The Bertz CT molecular complexity index is 680. The van der Waals surface area contributed by atoms with Gasteiger partial charge in [0.25, 0.3) is 0 Å². The topological polar surface area (TPSA) is 55.2 Å². The molecule has 7 heteroatoms. The first-order valence-electron chi connectivity index (χ1n) is 6.16. The molecule has 0 saturated heterocycles. The zero-order valence-electron chi connectivity index (χ0n) is 11.3. The van der Waals surface area contributed by atoms with Crippen LogP contribution in [0.2, 0.25) is 0 Å². The number of hydrogen-bond acceptors (Lipinski definition) is 3. The van der Waals surface area contributed by atoms with Gasteiger partial charge in [0.1, 0.15) is 0 Å². The Balaban J connectivity index is 2.27. The van der Waals surface area contributed by atoms with E-state index in [-0.39, 0.29) is 0 Å². The molecule has 0 aliphatic rings. The maximum Gasteiger partial charge on any atom is 0.243 e. The van der Waals surface area contributed by atoms with Crippen LogP contribution >= 0.6 is 15.9 Å². The Kier molecular flexibility index (Phi) is 4.62. The van der Waals surface area contributed by atoms with Gasteiger partial charge in [-0.25, -0.2) is 8.42 Å². The van der Waals surface area contributed by atoms with Crippen molar-refractivity contribution in [2.45, 2.75) is 18.4 Å². The monoisotopic (exact) mass is 357 g/mol. The molecular formula is C13H16BrN3O2S. The SMILES string of the molecule is CCN(Cc1cnn(C)c1)S(=O)(=O)c1ccc(Br)cc1. The zero-order chi connectivity index (χ0) is 14.8. The summed E-state index contributed by atoms with van der Waals surface area (Å²) >= 11 is 3.30. The molecule has 0 fully saturated rings. The van der Waals surface area contributed by atoms with Crippen LogP contribution in [0.15, 0.2) is 46.0 Å². The maximum absolute atomic E-state index is 12.6. The fraction of sp³-hybridized carbons (Fsp3) is 0.308. The number of nitrogens with zero attached hydrogens (tertiary/aromatic N) is 3. The second-order valence-electron chi connectivity index (χ2n) is 4.41. The average Bonchev–Trinajstić information content (AvgIpc) is 2.82. The maximum atomic E-state index is 12.6. The van der Waals surface area contributed by atoms with Crippen molar-refractivity contribution in [2.24, 2.45) is 7.05 Å². The number of aryl methyl sites for hydroxylation is 1. The zero-order valence-corrected chi connectivity index (χ0v) is 13.7. The van der Waals surface area contributed by atoms with Gasteiger partial charge in [-0.05, 0) is 24.3 Å². The first-order chi connectivity index (χ1) is 9.43. The van der Waals surface area contributed by atoms with Crippen LogP contribution in [0.4, 0.5) is 0 Å². The van der Waals surface area contributed by atoms with E-state index in [1.54, 1.807) is 35.1 Å². The van der Waals surface area contributed by atoms with Crippen LogP contribution in [-0.4, -0.2) is 29.0 Å². The normalized spacial score (nSPS) is 12.0. The molecule has 108 valence electrons.